The summed E-state index contributed by atoms with van der Waals surface area (Å²) in [6, 6.07) is 16.2. The highest BCUT2D eigenvalue weighted by Gasteiger charge is 2.30. The molecule has 2 aliphatic rings. The van der Waals surface area contributed by atoms with Gasteiger partial charge in [-0.1, -0.05) is 42.0 Å². The molecule has 5 heteroatoms. The smallest absolute Gasteiger partial charge is 0.265 e. The number of para-hydroxylation sites is 2. The van der Waals surface area contributed by atoms with Crippen LogP contribution in [0, 0.1) is 12.8 Å². The Bertz CT molecular complexity index is 870. The Balaban J connectivity index is 1.28. The van der Waals surface area contributed by atoms with Crippen molar-refractivity contribution < 1.29 is 14.3 Å². The predicted octanol–water partition coefficient (Wildman–Crippen LogP) is 3.59. The standard InChI is InChI=1S/C24H28N2O3/c1-18-6-8-19(9-7-18)10-11-20-12-14-25(15-13-20)23(27)16-26-21-4-2-3-5-22(21)29-17-24(26)28/h2-9,20H,10-17H2,1H3. The van der Waals surface area contributed by atoms with Crippen molar-refractivity contribution in [1.82, 2.24) is 4.90 Å². The fourth-order valence-corrected chi connectivity index (χ4v) is 4.16. The number of benzene rings is 2. The molecule has 0 spiro atoms. The Morgan fingerprint density at radius 1 is 1.07 bits per heavy atom. The number of aryl methyl sites for hydroxylation is 2. The summed E-state index contributed by atoms with van der Waals surface area (Å²) in [4.78, 5) is 28.6. The largest absolute Gasteiger partial charge is 0.482 e. The summed E-state index contributed by atoms with van der Waals surface area (Å²) < 4.78 is 5.46. The molecule has 0 radical (unpaired) electrons. The molecule has 0 N–H and O–H groups in total. The van der Waals surface area contributed by atoms with Gasteiger partial charge in [0.15, 0.2) is 6.61 Å². The van der Waals surface area contributed by atoms with Gasteiger partial charge in [0.25, 0.3) is 5.91 Å². The maximum atomic E-state index is 12.8. The molecule has 2 aliphatic heterocycles. The van der Waals surface area contributed by atoms with E-state index in [1.165, 1.54) is 17.5 Å². The van der Waals surface area contributed by atoms with E-state index in [9.17, 15) is 9.59 Å². The van der Waals surface area contributed by atoms with Gasteiger partial charge >= 0.3 is 0 Å². The molecule has 152 valence electrons. The van der Waals surface area contributed by atoms with Crippen LogP contribution in [-0.4, -0.2) is 43.0 Å². The molecule has 29 heavy (non-hydrogen) atoms. The number of amides is 2. The Hall–Kier alpha value is -2.82. The number of hydrogen-bond acceptors (Lipinski definition) is 3. The van der Waals surface area contributed by atoms with E-state index in [2.05, 4.69) is 31.2 Å². The zero-order chi connectivity index (χ0) is 20.2. The van der Waals surface area contributed by atoms with Crippen LogP contribution in [0.5, 0.6) is 5.75 Å². The Kier molecular flexibility index (Phi) is 5.84. The van der Waals surface area contributed by atoms with Crippen LogP contribution in [0.2, 0.25) is 0 Å². The van der Waals surface area contributed by atoms with Crippen molar-refractivity contribution in [3.05, 3.63) is 59.7 Å². The molecule has 0 saturated carbocycles. The van der Waals surface area contributed by atoms with E-state index in [1.54, 1.807) is 4.90 Å². The highest BCUT2D eigenvalue weighted by Crippen LogP contribution is 2.31. The minimum Gasteiger partial charge on any atom is -0.482 e. The van der Waals surface area contributed by atoms with Crippen LogP contribution in [0.15, 0.2) is 48.5 Å². The van der Waals surface area contributed by atoms with E-state index < -0.39 is 0 Å². The van der Waals surface area contributed by atoms with E-state index in [4.69, 9.17) is 4.74 Å². The molecule has 0 atom stereocenters. The van der Waals surface area contributed by atoms with Gasteiger partial charge in [0.2, 0.25) is 5.91 Å². The molecule has 2 aromatic carbocycles. The van der Waals surface area contributed by atoms with Crippen LogP contribution in [0.25, 0.3) is 0 Å². The number of likely N-dealkylation sites (tertiary alicyclic amines) is 1. The second kappa shape index (κ2) is 8.68. The molecule has 5 nitrogen and oxygen atoms in total. The van der Waals surface area contributed by atoms with Crippen molar-refractivity contribution in [3.8, 4) is 5.75 Å². The summed E-state index contributed by atoms with van der Waals surface area (Å²) in [7, 11) is 0. The zero-order valence-electron chi connectivity index (χ0n) is 17.0. The summed E-state index contributed by atoms with van der Waals surface area (Å²) >= 11 is 0. The lowest BCUT2D eigenvalue weighted by molar-refractivity contribution is -0.133. The first-order valence-electron chi connectivity index (χ1n) is 10.5. The van der Waals surface area contributed by atoms with Gasteiger partial charge in [-0.05, 0) is 56.2 Å². The number of carbonyl (C=O) groups excluding carboxylic acids is 2. The van der Waals surface area contributed by atoms with Crippen molar-refractivity contribution in [2.24, 2.45) is 5.92 Å². The third-order valence-corrected chi connectivity index (χ3v) is 6.03. The molecule has 2 amide bonds. The fourth-order valence-electron chi connectivity index (χ4n) is 4.16. The van der Waals surface area contributed by atoms with Gasteiger partial charge in [0.1, 0.15) is 12.3 Å². The maximum Gasteiger partial charge on any atom is 0.265 e. The lowest BCUT2D eigenvalue weighted by atomic mass is 9.90. The van der Waals surface area contributed by atoms with Crippen molar-refractivity contribution in [3.63, 3.8) is 0 Å². The number of fused-ring (bicyclic) bond motifs is 1. The molecular weight excluding hydrogens is 364 g/mol. The third kappa shape index (κ3) is 4.61. The number of rotatable bonds is 5. The Morgan fingerprint density at radius 2 is 1.79 bits per heavy atom. The Labute approximate surface area is 172 Å². The van der Waals surface area contributed by atoms with Crippen LogP contribution < -0.4 is 9.64 Å². The van der Waals surface area contributed by atoms with Crippen LogP contribution in [0.3, 0.4) is 0 Å². The monoisotopic (exact) mass is 392 g/mol. The lowest BCUT2D eigenvalue weighted by Gasteiger charge is -2.35. The number of nitrogens with zero attached hydrogens (tertiary/aromatic N) is 2. The molecule has 4 rings (SSSR count). The summed E-state index contributed by atoms with van der Waals surface area (Å²) in [6.45, 7) is 3.74. The van der Waals surface area contributed by atoms with Gasteiger partial charge in [-0.15, -0.1) is 0 Å². The van der Waals surface area contributed by atoms with Gasteiger partial charge in [-0.3, -0.25) is 14.5 Å². The first-order chi connectivity index (χ1) is 14.1. The summed E-state index contributed by atoms with van der Waals surface area (Å²) in [6.07, 6.45) is 4.33. The number of ether oxygens (including phenoxy) is 1. The molecule has 1 fully saturated rings. The average Bonchev–Trinajstić information content (AvgIpc) is 2.75. The third-order valence-electron chi connectivity index (χ3n) is 6.03. The first-order valence-corrected chi connectivity index (χ1v) is 10.5. The maximum absolute atomic E-state index is 12.8. The second-order valence-corrected chi connectivity index (χ2v) is 8.08. The highest BCUT2D eigenvalue weighted by atomic mass is 16.5. The zero-order valence-corrected chi connectivity index (χ0v) is 17.0. The molecule has 0 aromatic heterocycles. The van der Waals surface area contributed by atoms with E-state index >= 15 is 0 Å². The van der Waals surface area contributed by atoms with Crippen molar-refractivity contribution in [2.45, 2.75) is 32.6 Å². The molecule has 2 heterocycles. The van der Waals surface area contributed by atoms with Gasteiger partial charge in [-0.25, -0.2) is 0 Å². The minimum atomic E-state index is -0.162. The lowest BCUT2D eigenvalue weighted by Crippen LogP contribution is -2.48. The Morgan fingerprint density at radius 3 is 2.55 bits per heavy atom. The van der Waals surface area contributed by atoms with Crippen molar-refractivity contribution >= 4 is 17.5 Å². The first kappa shape index (κ1) is 19.5. The topological polar surface area (TPSA) is 49.9 Å². The molecule has 2 aromatic rings. The van der Waals surface area contributed by atoms with Crippen molar-refractivity contribution in [1.29, 1.82) is 0 Å². The molecule has 0 bridgehead atoms. The number of piperidine rings is 1. The quantitative estimate of drug-likeness (QED) is 0.781. The average molecular weight is 392 g/mol. The summed E-state index contributed by atoms with van der Waals surface area (Å²) in [5.41, 5.74) is 3.37. The van der Waals surface area contributed by atoms with Gasteiger partial charge in [-0.2, -0.15) is 0 Å². The van der Waals surface area contributed by atoms with Crippen LogP contribution in [0.1, 0.15) is 30.4 Å². The summed E-state index contributed by atoms with van der Waals surface area (Å²) in [5, 5.41) is 0. The molecule has 0 unspecified atom stereocenters. The normalized spacial score (nSPS) is 17.1. The second-order valence-electron chi connectivity index (χ2n) is 8.08. The molecule has 0 aliphatic carbocycles. The van der Waals surface area contributed by atoms with Crippen LogP contribution in [-0.2, 0) is 16.0 Å². The van der Waals surface area contributed by atoms with Crippen LogP contribution in [0.4, 0.5) is 5.69 Å². The van der Waals surface area contributed by atoms with Gasteiger partial charge in [0.05, 0.1) is 5.69 Å². The van der Waals surface area contributed by atoms with E-state index in [-0.39, 0.29) is 25.0 Å². The van der Waals surface area contributed by atoms with Gasteiger partial charge < -0.3 is 9.64 Å². The number of anilines is 1. The molecule has 1 saturated heterocycles. The van der Waals surface area contributed by atoms with E-state index in [1.807, 2.05) is 29.2 Å². The van der Waals surface area contributed by atoms with E-state index in [0.29, 0.717) is 17.4 Å². The highest BCUT2D eigenvalue weighted by molar-refractivity contribution is 6.02. The van der Waals surface area contributed by atoms with Crippen LogP contribution >= 0.6 is 0 Å². The number of hydrogen-bond donors (Lipinski definition) is 0. The number of carbonyl (C=O) groups is 2. The van der Waals surface area contributed by atoms with Crippen molar-refractivity contribution in [2.75, 3.05) is 31.1 Å². The molecular formula is C24H28N2O3. The minimum absolute atomic E-state index is 0.00855. The van der Waals surface area contributed by atoms with E-state index in [0.717, 1.165) is 32.4 Å². The van der Waals surface area contributed by atoms with Gasteiger partial charge in [0, 0.05) is 13.1 Å². The summed E-state index contributed by atoms with van der Waals surface area (Å²) in [5.74, 6) is 1.18. The SMILES string of the molecule is Cc1ccc(CCC2CCN(C(=O)CN3C(=O)COc4ccccc43)CC2)cc1. The fraction of sp³-hybridized carbons (Fsp3) is 0.417. The predicted molar refractivity (Wildman–Crippen MR) is 113 cm³/mol.